The highest BCUT2D eigenvalue weighted by Gasteiger charge is 2.21. The number of carbonyl (C=O) groups excluding carboxylic acids is 1. The molecule has 2 saturated carbocycles. The average Bonchev–Trinajstić information content (AvgIpc) is 2.41. The number of hydrogen-bond donors (Lipinski definition) is 0. The first-order chi connectivity index (χ1) is 8.38. The van der Waals surface area contributed by atoms with Gasteiger partial charge in [0.1, 0.15) is 6.29 Å². The van der Waals surface area contributed by atoms with E-state index >= 15 is 0 Å². The van der Waals surface area contributed by atoms with Crippen LogP contribution in [0.25, 0.3) is 0 Å². The summed E-state index contributed by atoms with van der Waals surface area (Å²) >= 11 is 0. The van der Waals surface area contributed by atoms with Crippen molar-refractivity contribution in [2.24, 2.45) is 17.8 Å². The van der Waals surface area contributed by atoms with Crippen LogP contribution >= 0.6 is 0 Å². The van der Waals surface area contributed by atoms with Gasteiger partial charge in [0, 0.05) is 5.92 Å². The maximum atomic E-state index is 10.7. The minimum absolute atomic E-state index is 0.393. The van der Waals surface area contributed by atoms with E-state index in [1.807, 2.05) is 0 Å². The second-order valence-corrected chi connectivity index (χ2v) is 6.35. The Morgan fingerprint density at radius 1 is 0.765 bits per heavy atom. The van der Waals surface area contributed by atoms with Crippen molar-refractivity contribution in [2.45, 2.75) is 77.0 Å². The van der Waals surface area contributed by atoms with Crippen molar-refractivity contribution in [3.63, 3.8) is 0 Å². The van der Waals surface area contributed by atoms with Gasteiger partial charge in [-0.05, 0) is 37.5 Å². The first kappa shape index (κ1) is 13.1. The summed E-state index contributed by atoms with van der Waals surface area (Å²) in [6, 6.07) is 0. The monoisotopic (exact) mass is 236 g/mol. The van der Waals surface area contributed by atoms with E-state index in [0.29, 0.717) is 5.92 Å². The SMILES string of the molecule is O=CC1CCC(CCCC2CCCCC2)CC1. The van der Waals surface area contributed by atoms with E-state index < -0.39 is 0 Å². The molecule has 1 nitrogen and oxygen atoms in total. The average molecular weight is 236 g/mol. The lowest BCUT2D eigenvalue weighted by Gasteiger charge is -2.26. The van der Waals surface area contributed by atoms with Gasteiger partial charge in [0.2, 0.25) is 0 Å². The third-order valence-electron chi connectivity index (χ3n) is 5.03. The van der Waals surface area contributed by atoms with Crippen LogP contribution < -0.4 is 0 Å². The fourth-order valence-electron chi connectivity index (χ4n) is 3.78. The maximum Gasteiger partial charge on any atom is 0.123 e. The Balaban J connectivity index is 1.54. The highest BCUT2D eigenvalue weighted by atomic mass is 16.1. The highest BCUT2D eigenvalue weighted by Crippen LogP contribution is 2.33. The molecule has 2 rings (SSSR count). The fraction of sp³-hybridized carbons (Fsp3) is 0.938. The Labute approximate surface area is 106 Å². The molecule has 0 atom stereocenters. The maximum absolute atomic E-state index is 10.7. The van der Waals surface area contributed by atoms with E-state index in [2.05, 4.69) is 0 Å². The quantitative estimate of drug-likeness (QED) is 0.630. The highest BCUT2D eigenvalue weighted by molar-refractivity contribution is 5.53. The molecule has 1 heteroatoms. The van der Waals surface area contributed by atoms with Crippen molar-refractivity contribution < 1.29 is 4.79 Å². The minimum atomic E-state index is 0.393. The molecule has 0 amide bonds. The van der Waals surface area contributed by atoms with Crippen molar-refractivity contribution in [3.8, 4) is 0 Å². The molecule has 0 aromatic heterocycles. The third-order valence-corrected chi connectivity index (χ3v) is 5.03. The molecule has 0 heterocycles. The summed E-state index contributed by atoms with van der Waals surface area (Å²) in [4.78, 5) is 10.7. The van der Waals surface area contributed by atoms with Gasteiger partial charge in [-0.25, -0.2) is 0 Å². The van der Waals surface area contributed by atoms with Crippen LogP contribution in [0.3, 0.4) is 0 Å². The van der Waals surface area contributed by atoms with Crippen molar-refractivity contribution in [1.82, 2.24) is 0 Å². The molecule has 0 aliphatic heterocycles. The molecule has 2 aliphatic carbocycles. The molecule has 0 saturated heterocycles. The van der Waals surface area contributed by atoms with Crippen molar-refractivity contribution >= 4 is 6.29 Å². The Bertz CT molecular complexity index is 210. The lowest BCUT2D eigenvalue weighted by molar-refractivity contribution is -0.112. The zero-order chi connectivity index (χ0) is 11.9. The van der Waals surface area contributed by atoms with Crippen LogP contribution in [0.15, 0.2) is 0 Å². The topological polar surface area (TPSA) is 17.1 Å². The molecule has 0 radical (unpaired) electrons. The summed E-state index contributed by atoms with van der Waals surface area (Å²) in [5.74, 6) is 2.38. The molecule has 2 fully saturated rings. The van der Waals surface area contributed by atoms with Gasteiger partial charge in [-0.1, -0.05) is 51.4 Å². The number of hydrogen-bond acceptors (Lipinski definition) is 1. The summed E-state index contributed by atoms with van der Waals surface area (Å²) in [6.45, 7) is 0. The second kappa shape index (κ2) is 7.18. The summed E-state index contributed by atoms with van der Waals surface area (Å²) in [5, 5.41) is 0. The Kier molecular flexibility index (Phi) is 5.54. The van der Waals surface area contributed by atoms with E-state index in [1.54, 1.807) is 0 Å². The lowest BCUT2D eigenvalue weighted by atomic mass is 9.79. The van der Waals surface area contributed by atoms with Crippen molar-refractivity contribution in [1.29, 1.82) is 0 Å². The van der Waals surface area contributed by atoms with Crippen LogP contribution in [0.1, 0.15) is 77.0 Å². The molecule has 0 unspecified atom stereocenters. The molecular weight excluding hydrogens is 208 g/mol. The Morgan fingerprint density at radius 2 is 1.35 bits per heavy atom. The van der Waals surface area contributed by atoms with Gasteiger partial charge >= 0.3 is 0 Å². The first-order valence-electron chi connectivity index (χ1n) is 7.84. The molecule has 0 N–H and O–H groups in total. The van der Waals surface area contributed by atoms with Crippen molar-refractivity contribution in [2.75, 3.05) is 0 Å². The molecule has 0 aromatic rings. The first-order valence-corrected chi connectivity index (χ1v) is 7.84. The van der Waals surface area contributed by atoms with Crippen LogP contribution in [-0.4, -0.2) is 6.29 Å². The smallest absolute Gasteiger partial charge is 0.123 e. The van der Waals surface area contributed by atoms with Gasteiger partial charge in [-0.3, -0.25) is 0 Å². The van der Waals surface area contributed by atoms with E-state index in [-0.39, 0.29) is 0 Å². The van der Waals surface area contributed by atoms with Gasteiger partial charge < -0.3 is 4.79 Å². The molecule has 0 aromatic carbocycles. The van der Waals surface area contributed by atoms with E-state index in [4.69, 9.17) is 0 Å². The molecule has 98 valence electrons. The lowest BCUT2D eigenvalue weighted by Crippen LogP contribution is -2.15. The van der Waals surface area contributed by atoms with E-state index in [9.17, 15) is 4.79 Å². The Morgan fingerprint density at radius 3 is 1.94 bits per heavy atom. The number of rotatable bonds is 5. The predicted molar refractivity (Wildman–Crippen MR) is 71.9 cm³/mol. The minimum Gasteiger partial charge on any atom is -0.303 e. The summed E-state index contributed by atoms with van der Waals surface area (Å²) in [5.41, 5.74) is 0. The van der Waals surface area contributed by atoms with Crippen LogP contribution in [0.5, 0.6) is 0 Å². The fourth-order valence-corrected chi connectivity index (χ4v) is 3.78. The second-order valence-electron chi connectivity index (χ2n) is 6.35. The Hall–Kier alpha value is -0.330. The summed E-state index contributed by atoms with van der Waals surface area (Å²) < 4.78 is 0. The normalized spacial score (nSPS) is 31.3. The van der Waals surface area contributed by atoms with Crippen molar-refractivity contribution in [3.05, 3.63) is 0 Å². The molecule has 2 aliphatic rings. The number of aldehydes is 1. The molecular formula is C16H28O. The number of carbonyl (C=O) groups is 1. The van der Waals surface area contributed by atoms with E-state index in [0.717, 1.165) is 24.7 Å². The standard InChI is InChI=1S/C16H28O/c17-13-16-11-9-15(10-12-16)8-4-7-14-5-2-1-3-6-14/h13-16H,1-12H2. The van der Waals surface area contributed by atoms with Crippen LogP contribution in [0.4, 0.5) is 0 Å². The van der Waals surface area contributed by atoms with Crippen LogP contribution in [0.2, 0.25) is 0 Å². The summed E-state index contributed by atoms with van der Waals surface area (Å²) in [7, 11) is 0. The van der Waals surface area contributed by atoms with Gasteiger partial charge in [-0.15, -0.1) is 0 Å². The van der Waals surface area contributed by atoms with Crippen LogP contribution in [0, 0.1) is 17.8 Å². The molecule has 0 spiro atoms. The predicted octanol–water partition coefficient (Wildman–Crippen LogP) is 4.74. The zero-order valence-electron chi connectivity index (χ0n) is 11.2. The van der Waals surface area contributed by atoms with Gasteiger partial charge in [-0.2, -0.15) is 0 Å². The molecule has 0 bridgehead atoms. The summed E-state index contributed by atoms with van der Waals surface area (Å²) in [6.07, 6.45) is 17.9. The third kappa shape index (κ3) is 4.44. The zero-order valence-corrected chi connectivity index (χ0v) is 11.2. The van der Waals surface area contributed by atoms with Gasteiger partial charge in [0.15, 0.2) is 0 Å². The van der Waals surface area contributed by atoms with E-state index in [1.165, 1.54) is 70.5 Å². The van der Waals surface area contributed by atoms with Gasteiger partial charge in [0.05, 0.1) is 0 Å². The van der Waals surface area contributed by atoms with Crippen LogP contribution in [-0.2, 0) is 4.79 Å². The largest absolute Gasteiger partial charge is 0.303 e. The van der Waals surface area contributed by atoms with Gasteiger partial charge in [0.25, 0.3) is 0 Å². The molecule has 17 heavy (non-hydrogen) atoms.